The predicted octanol–water partition coefficient (Wildman–Crippen LogP) is 4.82. The van der Waals surface area contributed by atoms with E-state index in [1.807, 2.05) is 0 Å². The van der Waals surface area contributed by atoms with Crippen LogP contribution in [-0.2, 0) is 20.3 Å². The van der Waals surface area contributed by atoms with Crippen LogP contribution in [0.5, 0.6) is 11.5 Å². The van der Waals surface area contributed by atoms with Crippen LogP contribution in [0.3, 0.4) is 0 Å². The second kappa shape index (κ2) is 12.0. The lowest BCUT2D eigenvalue weighted by Gasteiger charge is -2.14. The van der Waals surface area contributed by atoms with Gasteiger partial charge in [0.25, 0.3) is 5.91 Å². The van der Waals surface area contributed by atoms with Crippen LogP contribution < -0.4 is 20.5 Å². The Morgan fingerprint density at radius 2 is 1.90 bits per heavy atom. The maximum absolute atomic E-state index is 14.8. The van der Waals surface area contributed by atoms with E-state index >= 15 is 0 Å². The SMILES string of the molecule is CC(C)[C@H](N)C(=O)N=[S@@](C)(=O)Cc1cc2cc(c1)OCCCCOc1cc(F)ccc1-c1nc(ncc1F)N2. The van der Waals surface area contributed by atoms with Crippen molar-refractivity contribution in [3.05, 3.63) is 59.8 Å². The normalized spacial score (nSPS) is 15.8. The second-order valence-electron chi connectivity index (χ2n) is 9.73. The van der Waals surface area contributed by atoms with Gasteiger partial charge in [-0.3, -0.25) is 4.79 Å². The lowest BCUT2D eigenvalue weighted by Crippen LogP contribution is -2.34. The Hall–Kier alpha value is -3.64. The van der Waals surface area contributed by atoms with Gasteiger partial charge in [-0.25, -0.2) is 23.0 Å². The molecule has 3 N–H and O–H groups in total. The van der Waals surface area contributed by atoms with Gasteiger partial charge in [0.2, 0.25) is 5.95 Å². The number of carbonyl (C=O) groups is 1. The summed E-state index contributed by atoms with van der Waals surface area (Å²) < 4.78 is 57.6. The molecule has 0 saturated heterocycles. The molecule has 4 bridgehead atoms. The Labute approximate surface area is 226 Å². The molecule has 0 saturated carbocycles. The average molecular weight is 560 g/mol. The molecule has 2 heterocycles. The molecule has 9 nitrogen and oxygen atoms in total. The zero-order valence-corrected chi connectivity index (χ0v) is 22.8. The highest BCUT2D eigenvalue weighted by Crippen LogP contribution is 2.33. The second-order valence-corrected chi connectivity index (χ2v) is 12.1. The van der Waals surface area contributed by atoms with E-state index in [1.54, 1.807) is 32.0 Å². The predicted molar refractivity (Wildman–Crippen MR) is 145 cm³/mol. The van der Waals surface area contributed by atoms with Crippen molar-refractivity contribution in [3.8, 4) is 22.8 Å². The van der Waals surface area contributed by atoms with Gasteiger partial charge in [0, 0.05) is 29.6 Å². The molecule has 1 aromatic heterocycles. The summed E-state index contributed by atoms with van der Waals surface area (Å²) in [6, 6.07) is 8.12. The number of fused-ring (bicyclic) bond motifs is 6. The zero-order chi connectivity index (χ0) is 28.2. The lowest BCUT2D eigenvalue weighted by atomic mass is 10.1. The van der Waals surface area contributed by atoms with E-state index in [0.717, 1.165) is 6.20 Å². The van der Waals surface area contributed by atoms with Gasteiger partial charge in [-0.05, 0) is 48.6 Å². The fourth-order valence-electron chi connectivity index (χ4n) is 3.91. The van der Waals surface area contributed by atoms with Crippen molar-refractivity contribution in [3.63, 3.8) is 0 Å². The number of nitrogens with one attached hydrogen (secondary N) is 1. The van der Waals surface area contributed by atoms with E-state index < -0.39 is 33.3 Å². The standard InChI is InChI=1S/C27H31F2N5O4S/c1-16(2)24(30)26(35)34-39(3,36)15-17-10-19-13-20(11-17)37-8-4-5-9-38-23-12-18(28)6-7-21(23)25-22(29)14-31-27(32-19)33-25/h6-7,10-14,16,24H,4-5,8-9,15,30H2,1-3H3,(H,31,32,33)/t24-,39-/m0/s1. The number of nitrogens with zero attached hydrogens (tertiary/aromatic N) is 3. The van der Waals surface area contributed by atoms with Gasteiger partial charge in [0.05, 0.1) is 40.9 Å². The molecule has 0 radical (unpaired) electrons. The zero-order valence-electron chi connectivity index (χ0n) is 21.9. The van der Waals surface area contributed by atoms with Gasteiger partial charge in [-0.1, -0.05) is 13.8 Å². The van der Waals surface area contributed by atoms with Crippen LogP contribution in [0.4, 0.5) is 20.4 Å². The third-order valence-corrected chi connectivity index (χ3v) is 7.39. The number of ether oxygens (including phenoxy) is 2. The first kappa shape index (κ1) is 28.4. The molecular weight excluding hydrogens is 528 g/mol. The lowest BCUT2D eigenvalue weighted by molar-refractivity contribution is -0.119. The van der Waals surface area contributed by atoms with Crippen molar-refractivity contribution >= 4 is 27.3 Å². The first-order valence-corrected chi connectivity index (χ1v) is 14.6. The van der Waals surface area contributed by atoms with Gasteiger partial charge in [0.1, 0.15) is 23.0 Å². The maximum atomic E-state index is 14.8. The van der Waals surface area contributed by atoms with Crippen LogP contribution in [0.25, 0.3) is 11.3 Å². The topological polar surface area (TPSA) is 129 Å². The summed E-state index contributed by atoms with van der Waals surface area (Å²) in [7, 11) is -2.96. The van der Waals surface area contributed by atoms with Gasteiger partial charge in [-0.15, -0.1) is 0 Å². The summed E-state index contributed by atoms with van der Waals surface area (Å²) in [6.07, 6.45) is 3.64. The molecule has 1 aliphatic heterocycles. The molecule has 2 atom stereocenters. The van der Waals surface area contributed by atoms with Crippen LogP contribution in [0.2, 0.25) is 0 Å². The van der Waals surface area contributed by atoms with Crippen molar-refractivity contribution in [1.29, 1.82) is 0 Å². The number of aromatic nitrogens is 2. The molecule has 0 fully saturated rings. The highest BCUT2D eigenvalue weighted by Gasteiger charge is 2.20. The van der Waals surface area contributed by atoms with Crippen molar-refractivity contribution in [2.45, 2.75) is 38.5 Å². The van der Waals surface area contributed by atoms with E-state index in [9.17, 15) is 17.8 Å². The largest absolute Gasteiger partial charge is 0.494 e. The molecule has 4 rings (SSSR count). The number of carbonyl (C=O) groups excluding carboxylic acids is 1. The van der Waals surface area contributed by atoms with Crippen LogP contribution in [0.1, 0.15) is 32.3 Å². The molecule has 39 heavy (non-hydrogen) atoms. The Bertz CT molecular complexity index is 1490. The third kappa shape index (κ3) is 7.48. The van der Waals surface area contributed by atoms with Crippen molar-refractivity contribution in [1.82, 2.24) is 9.97 Å². The smallest absolute Gasteiger partial charge is 0.270 e. The van der Waals surface area contributed by atoms with Crippen LogP contribution in [0.15, 0.2) is 47.0 Å². The number of rotatable bonds is 4. The molecule has 208 valence electrons. The van der Waals surface area contributed by atoms with E-state index in [0.29, 0.717) is 36.4 Å². The molecule has 2 aromatic carbocycles. The van der Waals surface area contributed by atoms with Crippen LogP contribution in [0, 0.1) is 17.6 Å². The van der Waals surface area contributed by atoms with E-state index in [2.05, 4.69) is 19.6 Å². The average Bonchev–Trinajstić information content (AvgIpc) is 2.86. The minimum atomic E-state index is -2.96. The van der Waals surface area contributed by atoms with Crippen molar-refractivity contribution < 1.29 is 27.3 Å². The molecule has 12 heteroatoms. The van der Waals surface area contributed by atoms with Crippen LogP contribution in [-0.4, -0.2) is 45.6 Å². The van der Waals surface area contributed by atoms with E-state index in [-0.39, 0.29) is 41.2 Å². The number of halogens is 2. The number of anilines is 2. The fourth-order valence-corrected chi connectivity index (χ4v) is 5.26. The molecule has 0 spiro atoms. The quantitative estimate of drug-likeness (QED) is 0.465. The van der Waals surface area contributed by atoms with Gasteiger partial charge >= 0.3 is 0 Å². The molecule has 3 aromatic rings. The first-order chi connectivity index (χ1) is 18.5. The first-order valence-electron chi connectivity index (χ1n) is 12.5. The Morgan fingerprint density at radius 1 is 1.15 bits per heavy atom. The summed E-state index contributed by atoms with van der Waals surface area (Å²) in [5, 5.41) is 3.03. The molecular formula is C27H31F2N5O4S. The monoisotopic (exact) mass is 559 g/mol. The van der Waals surface area contributed by atoms with E-state index in [1.165, 1.54) is 24.5 Å². The van der Waals surface area contributed by atoms with Crippen molar-refractivity contribution in [2.24, 2.45) is 16.0 Å². The molecule has 0 unspecified atom stereocenters. The molecule has 1 amide bonds. The summed E-state index contributed by atoms with van der Waals surface area (Å²) in [5.74, 6) is -1.27. The number of benzene rings is 2. The van der Waals surface area contributed by atoms with E-state index in [4.69, 9.17) is 15.2 Å². The highest BCUT2D eigenvalue weighted by molar-refractivity contribution is 7.92. The van der Waals surface area contributed by atoms with Gasteiger partial charge < -0.3 is 20.5 Å². The Morgan fingerprint density at radius 3 is 2.64 bits per heavy atom. The number of hydrogen-bond acceptors (Lipinski definition) is 8. The molecule has 0 aliphatic carbocycles. The number of nitrogens with two attached hydrogens (primary N) is 1. The minimum Gasteiger partial charge on any atom is -0.494 e. The van der Waals surface area contributed by atoms with Gasteiger partial charge in [0.15, 0.2) is 5.82 Å². The summed E-state index contributed by atoms with van der Waals surface area (Å²) >= 11 is 0. The fraction of sp³-hybridized carbons (Fsp3) is 0.370. The van der Waals surface area contributed by atoms with Crippen LogP contribution >= 0.6 is 0 Å². The number of hydrogen-bond donors (Lipinski definition) is 2. The Balaban J connectivity index is 1.71. The van der Waals surface area contributed by atoms with Gasteiger partial charge in [-0.2, -0.15) is 4.36 Å². The van der Waals surface area contributed by atoms with Crippen molar-refractivity contribution in [2.75, 3.05) is 24.8 Å². The summed E-state index contributed by atoms with van der Waals surface area (Å²) in [5.41, 5.74) is 7.20. The Kier molecular flexibility index (Phi) is 8.76. The summed E-state index contributed by atoms with van der Waals surface area (Å²) in [4.78, 5) is 20.7. The summed E-state index contributed by atoms with van der Waals surface area (Å²) in [6.45, 7) is 4.20. The minimum absolute atomic E-state index is 0.0300. The number of amides is 1. The maximum Gasteiger partial charge on any atom is 0.270 e. The molecule has 1 aliphatic rings. The third-order valence-electron chi connectivity index (χ3n) is 5.95. The highest BCUT2D eigenvalue weighted by atomic mass is 32.2.